The Labute approximate surface area is 270 Å². The van der Waals surface area contributed by atoms with Crippen molar-refractivity contribution in [2.75, 3.05) is 29.1 Å². The zero-order valence-electron chi connectivity index (χ0n) is 26.5. The molecule has 46 heavy (non-hydrogen) atoms. The minimum atomic E-state index is -3.01. The van der Waals surface area contributed by atoms with Crippen LogP contribution in [0.5, 0.6) is 0 Å². The van der Waals surface area contributed by atoms with Crippen molar-refractivity contribution in [1.29, 1.82) is 0 Å². The maximum absolute atomic E-state index is 14.8. The monoisotopic (exact) mass is 642 g/mol. The lowest BCUT2D eigenvalue weighted by Crippen LogP contribution is -2.46. The summed E-state index contributed by atoms with van der Waals surface area (Å²) in [6.07, 6.45) is 0.843. The molecule has 10 nitrogen and oxygen atoms in total. The van der Waals surface area contributed by atoms with Gasteiger partial charge in [-0.3, -0.25) is 14.4 Å². The lowest BCUT2D eigenvalue weighted by molar-refractivity contribution is -0.150. The number of hydrogen-bond donors (Lipinski definition) is 4. The molecule has 3 amide bonds. The molecule has 2 saturated heterocycles. The summed E-state index contributed by atoms with van der Waals surface area (Å²) >= 11 is 0. The van der Waals surface area contributed by atoms with Crippen molar-refractivity contribution in [3.8, 4) is 0 Å². The molecule has 3 aliphatic rings. The van der Waals surface area contributed by atoms with Gasteiger partial charge in [0.25, 0.3) is 11.8 Å². The number of likely N-dealkylation sites (tertiary alicyclic amines) is 1. The molecule has 11 heteroatoms. The third-order valence-electron chi connectivity index (χ3n) is 9.88. The van der Waals surface area contributed by atoms with E-state index in [1.807, 2.05) is 56.4 Å². The third-order valence-corrected chi connectivity index (χ3v) is 12.4. The van der Waals surface area contributed by atoms with Gasteiger partial charge >= 0.3 is 0 Å². The van der Waals surface area contributed by atoms with Crippen molar-refractivity contribution in [1.82, 2.24) is 4.90 Å². The van der Waals surface area contributed by atoms with Gasteiger partial charge in [-0.1, -0.05) is 37.3 Å². The van der Waals surface area contributed by atoms with E-state index in [0.717, 1.165) is 18.4 Å². The molecule has 0 saturated carbocycles. The van der Waals surface area contributed by atoms with E-state index in [1.165, 1.54) is 0 Å². The van der Waals surface area contributed by atoms with Crippen molar-refractivity contribution >= 4 is 43.1 Å². The van der Waals surface area contributed by atoms with E-state index in [0.29, 0.717) is 41.3 Å². The topological polar surface area (TPSA) is 145 Å². The number of nitrogen functional groups attached to an aromatic ring is 1. The molecule has 3 aromatic carbocycles. The van der Waals surface area contributed by atoms with Crippen LogP contribution in [-0.4, -0.2) is 66.1 Å². The standard InChI is InChI=1S/C35H42N4O6Si/c1-22-32(46(2,3)44)30(19-31(41)38-17-7-10-27(38)21-40)45-35(22)28-18-26(37-33(42)24-11-13-25(36)14-12-24)15-16-29(28)39(34(35)43)20-23-8-5-4-6-9-23/h4-6,8-9,11-16,18,22,27,30,32,40,44H,7,10,17,19-21,36H2,1-3H3,(H,37,42)/t22-,27+,30+,32-,35+/m1/s1. The average Bonchev–Trinajstić information content (AvgIpc) is 3.68. The summed E-state index contributed by atoms with van der Waals surface area (Å²) < 4.78 is 6.87. The second kappa shape index (κ2) is 12.3. The van der Waals surface area contributed by atoms with Crippen LogP contribution in [0.4, 0.5) is 17.1 Å². The second-order valence-electron chi connectivity index (χ2n) is 13.3. The van der Waals surface area contributed by atoms with Gasteiger partial charge in [0.05, 0.1) is 37.4 Å². The predicted molar refractivity (Wildman–Crippen MR) is 178 cm³/mol. The van der Waals surface area contributed by atoms with Crippen LogP contribution in [0.15, 0.2) is 72.8 Å². The van der Waals surface area contributed by atoms with Gasteiger partial charge in [0.1, 0.15) is 0 Å². The Morgan fingerprint density at radius 3 is 2.48 bits per heavy atom. The molecule has 6 rings (SSSR count). The van der Waals surface area contributed by atoms with Crippen LogP contribution in [-0.2, 0) is 26.5 Å². The van der Waals surface area contributed by atoms with Crippen LogP contribution < -0.4 is 16.0 Å². The van der Waals surface area contributed by atoms with E-state index in [1.54, 1.807) is 46.2 Å². The lowest BCUT2D eigenvalue weighted by Gasteiger charge is -2.33. The van der Waals surface area contributed by atoms with Crippen molar-refractivity contribution in [3.05, 3.63) is 89.5 Å². The number of aliphatic hydroxyl groups is 1. The summed E-state index contributed by atoms with van der Waals surface area (Å²) in [6, 6.07) is 21.4. The van der Waals surface area contributed by atoms with Crippen molar-refractivity contribution in [3.63, 3.8) is 0 Å². The van der Waals surface area contributed by atoms with Gasteiger partial charge < -0.3 is 35.5 Å². The number of amides is 3. The van der Waals surface area contributed by atoms with Crippen LogP contribution in [0.1, 0.15) is 47.7 Å². The highest BCUT2D eigenvalue weighted by molar-refractivity contribution is 6.71. The summed E-state index contributed by atoms with van der Waals surface area (Å²) in [5.74, 6) is -1.20. The fourth-order valence-electron chi connectivity index (χ4n) is 7.76. The first-order chi connectivity index (χ1) is 21.9. The van der Waals surface area contributed by atoms with Gasteiger partial charge in [0.2, 0.25) is 5.91 Å². The molecule has 3 heterocycles. The molecule has 1 spiro atoms. The summed E-state index contributed by atoms with van der Waals surface area (Å²) in [5, 5.41) is 12.8. The second-order valence-corrected chi connectivity index (χ2v) is 17.3. The van der Waals surface area contributed by atoms with E-state index < -0.39 is 31.5 Å². The Bertz CT molecular complexity index is 1630. The molecule has 5 N–H and O–H groups in total. The number of ether oxygens (including phenoxy) is 1. The highest BCUT2D eigenvalue weighted by Gasteiger charge is 2.66. The van der Waals surface area contributed by atoms with E-state index in [9.17, 15) is 24.3 Å². The number of carbonyl (C=O) groups excluding carboxylic acids is 3. The number of nitrogens with one attached hydrogen (secondary N) is 1. The first kappa shape index (κ1) is 31.9. The Morgan fingerprint density at radius 1 is 1.09 bits per heavy atom. The molecule has 242 valence electrons. The smallest absolute Gasteiger partial charge is 0.264 e. The van der Waals surface area contributed by atoms with Gasteiger partial charge in [-0.2, -0.15) is 0 Å². The Balaban J connectivity index is 1.40. The molecule has 0 bridgehead atoms. The number of hydrogen-bond acceptors (Lipinski definition) is 7. The van der Waals surface area contributed by atoms with Crippen LogP contribution in [0, 0.1) is 5.92 Å². The zero-order valence-corrected chi connectivity index (χ0v) is 27.5. The fraction of sp³-hybridized carbons (Fsp3) is 0.400. The normalized spacial score (nSPS) is 25.7. The molecule has 0 aliphatic carbocycles. The Kier molecular flexibility index (Phi) is 8.53. The molecule has 5 atom stereocenters. The zero-order chi connectivity index (χ0) is 32.8. The molecular formula is C35H42N4O6Si. The highest BCUT2D eigenvalue weighted by Crippen LogP contribution is 2.60. The molecule has 0 radical (unpaired) electrons. The van der Waals surface area contributed by atoms with Gasteiger partial charge in [-0.15, -0.1) is 0 Å². The number of nitrogens with zero attached hydrogens (tertiary/aromatic N) is 2. The number of anilines is 3. The molecule has 3 aromatic rings. The van der Waals surface area contributed by atoms with Crippen LogP contribution >= 0.6 is 0 Å². The largest absolute Gasteiger partial charge is 0.432 e. The molecule has 3 aliphatic heterocycles. The first-order valence-corrected chi connectivity index (χ1v) is 18.9. The first-order valence-electron chi connectivity index (χ1n) is 15.9. The van der Waals surface area contributed by atoms with Crippen LogP contribution in [0.25, 0.3) is 0 Å². The van der Waals surface area contributed by atoms with Gasteiger partial charge in [0, 0.05) is 40.5 Å². The number of benzene rings is 3. The number of nitrogens with two attached hydrogens (primary N) is 1. The van der Waals surface area contributed by atoms with Crippen molar-refractivity contribution < 1.29 is 29.0 Å². The number of rotatable bonds is 8. The van der Waals surface area contributed by atoms with E-state index in [-0.39, 0.29) is 36.8 Å². The molecule has 0 aromatic heterocycles. The SMILES string of the molecule is C[C@@H]1[C@@H]([Si](C)(C)O)[C@H](CC(=O)N2CCC[C@H]2CO)O[C@@]12C(=O)N(Cc1ccccc1)c1ccc(NC(=O)c3ccc(N)cc3)cc12. The molecular weight excluding hydrogens is 600 g/mol. The van der Waals surface area contributed by atoms with E-state index in [2.05, 4.69) is 5.32 Å². The Morgan fingerprint density at radius 2 is 1.80 bits per heavy atom. The maximum Gasteiger partial charge on any atom is 0.264 e. The minimum absolute atomic E-state index is 0.000883. The van der Waals surface area contributed by atoms with Gasteiger partial charge in [-0.25, -0.2) is 0 Å². The summed E-state index contributed by atoms with van der Waals surface area (Å²) in [7, 11) is -3.01. The fourth-order valence-corrected chi connectivity index (χ4v) is 10.3. The van der Waals surface area contributed by atoms with E-state index >= 15 is 0 Å². The van der Waals surface area contributed by atoms with Crippen molar-refractivity contribution in [2.24, 2.45) is 5.92 Å². The minimum Gasteiger partial charge on any atom is -0.432 e. The highest BCUT2D eigenvalue weighted by atomic mass is 28.4. The Hall–Kier alpha value is -4.03. The maximum atomic E-state index is 14.8. The van der Waals surface area contributed by atoms with Crippen molar-refractivity contribution in [2.45, 2.75) is 69.1 Å². The van der Waals surface area contributed by atoms with Gasteiger partial charge in [0.15, 0.2) is 13.9 Å². The summed E-state index contributed by atoms with van der Waals surface area (Å²) in [5.41, 5.74) is 7.57. The number of aliphatic hydroxyl groups excluding tert-OH is 1. The molecule has 0 unspecified atom stereocenters. The predicted octanol–water partition coefficient (Wildman–Crippen LogP) is 4.24. The number of fused-ring (bicyclic) bond motifs is 2. The van der Waals surface area contributed by atoms with Crippen LogP contribution in [0.3, 0.4) is 0 Å². The molecule has 2 fully saturated rings. The average molecular weight is 643 g/mol. The third kappa shape index (κ3) is 5.61. The summed E-state index contributed by atoms with van der Waals surface area (Å²) in [4.78, 5) is 56.6. The van der Waals surface area contributed by atoms with Gasteiger partial charge in [-0.05, 0) is 74.0 Å². The quantitative estimate of drug-likeness (QED) is 0.213. The number of carbonyl (C=O) groups is 3. The summed E-state index contributed by atoms with van der Waals surface area (Å²) in [6.45, 7) is 6.34. The van der Waals surface area contributed by atoms with E-state index in [4.69, 9.17) is 10.5 Å². The van der Waals surface area contributed by atoms with Crippen LogP contribution in [0.2, 0.25) is 18.6 Å². The lowest BCUT2D eigenvalue weighted by atomic mass is 9.82.